The maximum absolute atomic E-state index is 11.8. The molecule has 0 unspecified atom stereocenters. The number of halogens is 3. The molecule has 1 N–H and O–H groups in total. The summed E-state index contributed by atoms with van der Waals surface area (Å²) in [6.45, 7) is 0. The van der Waals surface area contributed by atoms with E-state index in [1.165, 1.54) is 0 Å². The molecule has 4 heteroatoms. The van der Waals surface area contributed by atoms with Crippen molar-refractivity contribution in [2.75, 3.05) is 0 Å². The third-order valence-electron chi connectivity index (χ3n) is 1.44. The fourth-order valence-electron chi connectivity index (χ4n) is 0.755. The van der Waals surface area contributed by atoms with Crippen molar-refractivity contribution in [1.82, 2.24) is 0 Å². The summed E-state index contributed by atoms with van der Waals surface area (Å²) < 4.78 is 35.4. The third-order valence-corrected chi connectivity index (χ3v) is 1.44. The molecule has 0 aliphatic rings. The molecule has 0 aliphatic carbocycles. The Kier molecular flexibility index (Phi) is 3.15. The van der Waals surface area contributed by atoms with Gasteiger partial charge in [0.15, 0.2) is 0 Å². The van der Waals surface area contributed by atoms with Gasteiger partial charge in [0.2, 0.25) is 6.10 Å². The predicted molar refractivity (Wildman–Crippen MR) is 45.4 cm³/mol. The quantitative estimate of drug-likeness (QED) is 0.635. The molecule has 0 radical (unpaired) electrons. The summed E-state index contributed by atoms with van der Waals surface area (Å²) in [6, 6.07) is 8.17. The van der Waals surface area contributed by atoms with Crippen molar-refractivity contribution in [3.05, 3.63) is 35.9 Å². The van der Waals surface area contributed by atoms with Gasteiger partial charge in [-0.2, -0.15) is 13.2 Å². The normalized spacial score (nSPS) is 12.9. The van der Waals surface area contributed by atoms with Crippen LogP contribution >= 0.6 is 0 Å². The number of aliphatic hydroxyl groups excluding tert-OH is 1. The fourth-order valence-corrected chi connectivity index (χ4v) is 0.755. The van der Waals surface area contributed by atoms with E-state index in [0.717, 1.165) is 0 Å². The first-order valence-electron chi connectivity index (χ1n) is 3.81. The van der Waals surface area contributed by atoms with Gasteiger partial charge in [-0.05, 0) is 12.1 Å². The van der Waals surface area contributed by atoms with Crippen molar-refractivity contribution in [1.29, 1.82) is 0 Å². The van der Waals surface area contributed by atoms with E-state index in [9.17, 15) is 13.2 Å². The lowest BCUT2D eigenvalue weighted by Gasteiger charge is -2.06. The first-order valence-corrected chi connectivity index (χ1v) is 3.81. The Bertz CT molecular complexity index is 345. The highest BCUT2D eigenvalue weighted by Gasteiger charge is 2.36. The summed E-state index contributed by atoms with van der Waals surface area (Å²) in [6.07, 6.45) is -7.26. The van der Waals surface area contributed by atoms with Crippen LogP contribution in [0.15, 0.2) is 30.3 Å². The minimum atomic E-state index is -4.68. The molecule has 0 saturated carbocycles. The van der Waals surface area contributed by atoms with Crippen LogP contribution in [-0.2, 0) is 0 Å². The van der Waals surface area contributed by atoms with Gasteiger partial charge >= 0.3 is 6.18 Å². The van der Waals surface area contributed by atoms with E-state index in [2.05, 4.69) is 5.92 Å². The SMILES string of the molecule is O[C@H](C#Cc1ccccc1)C(F)(F)F. The lowest BCUT2D eigenvalue weighted by atomic mass is 10.2. The molecule has 0 saturated heterocycles. The van der Waals surface area contributed by atoms with Crippen molar-refractivity contribution in [2.24, 2.45) is 0 Å². The molecule has 1 atom stereocenters. The topological polar surface area (TPSA) is 20.2 Å². The van der Waals surface area contributed by atoms with Gasteiger partial charge < -0.3 is 5.11 Å². The van der Waals surface area contributed by atoms with Gasteiger partial charge in [0.25, 0.3) is 0 Å². The predicted octanol–water partition coefficient (Wildman–Crippen LogP) is 1.96. The molecule has 1 rings (SSSR count). The van der Waals surface area contributed by atoms with E-state index < -0.39 is 12.3 Å². The smallest absolute Gasteiger partial charge is 0.372 e. The van der Waals surface area contributed by atoms with Gasteiger partial charge in [-0.3, -0.25) is 0 Å². The summed E-state index contributed by atoms with van der Waals surface area (Å²) in [4.78, 5) is 0. The van der Waals surface area contributed by atoms with Crippen LogP contribution in [0.1, 0.15) is 5.56 Å². The zero-order valence-corrected chi connectivity index (χ0v) is 7.05. The van der Waals surface area contributed by atoms with Crippen LogP contribution in [-0.4, -0.2) is 17.4 Å². The van der Waals surface area contributed by atoms with Gasteiger partial charge in [-0.1, -0.05) is 30.0 Å². The number of aliphatic hydroxyl groups is 1. The molecule has 0 amide bonds. The maximum atomic E-state index is 11.8. The lowest BCUT2D eigenvalue weighted by Crippen LogP contribution is -2.26. The molecular weight excluding hydrogens is 193 g/mol. The highest BCUT2D eigenvalue weighted by atomic mass is 19.4. The lowest BCUT2D eigenvalue weighted by molar-refractivity contribution is -0.184. The number of alkyl halides is 3. The Morgan fingerprint density at radius 3 is 2.21 bits per heavy atom. The fraction of sp³-hybridized carbons (Fsp3) is 0.200. The zero-order valence-electron chi connectivity index (χ0n) is 7.05. The first-order chi connectivity index (χ1) is 6.50. The van der Waals surface area contributed by atoms with E-state index in [0.29, 0.717) is 5.56 Å². The molecule has 0 aliphatic heterocycles. The van der Waals surface area contributed by atoms with E-state index in [-0.39, 0.29) is 0 Å². The summed E-state index contributed by atoms with van der Waals surface area (Å²) >= 11 is 0. The van der Waals surface area contributed by atoms with Crippen molar-refractivity contribution < 1.29 is 18.3 Å². The molecule has 0 fully saturated rings. The number of rotatable bonds is 0. The summed E-state index contributed by atoms with van der Waals surface area (Å²) in [5.41, 5.74) is 0.441. The van der Waals surface area contributed by atoms with Crippen molar-refractivity contribution in [3.63, 3.8) is 0 Å². The second-order valence-corrected chi connectivity index (χ2v) is 2.58. The van der Waals surface area contributed by atoms with Crippen molar-refractivity contribution >= 4 is 0 Å². The molecule has 14 heavy (non-hydrogen) atoms. The van der Waals surface area contributed by atoms with Gasteiger partial charge in [0.05, 0.1) is 0 Å². The number of hydrogen-bond donors (Lipinski definition) is 1. The van der Waals surface area contributed by atoms with Crippen LogP contribution in [0.5, 0.6) is 0 Å². The highest BCUT2D eigenvalue weighted by Crippen LogP contribution is 2.19. The maximum Gasteiger partial charge on any atom is 0.425 e. The van der Waals surface area contributed by atoms with Gasteiger partial charge in [0.1, 0.15) is 0 Å². The van der Waals surface area contributed by atoms with Crippen LogP contribution < -0.4 is 0 Å². The largest absolute Gasteiger partial charge is 0.425 e. The van der Waals surface area contributed by atoms with Gasteiger partial charge in [-0.25, -0.2) is 0 Å². The monoisotopic (exact) mass is 200 g/mol. The molecule has 0 heterocycles. The standard InChI is InChI=1S/C10H7F3O/c11-10(12,13)9(14)7-6-8-4-2-1-3-5-8/h1-5,9,14H/t9-/m1/s1. The van der Waals surface area contributed by atoms with Crippen LogP contribution in [0, 0.1) is 11.8 Å². The van der Waals surface area contributed by atoms with Gasteiger partial charge in [0, 0.05) is 5.56 Å². The molecule has 0 spiro atoms. The zero-order chi connectivity index (χ0) is 10.6. The van der Waals surface area contributed by atoms with Crippen LogP contribution in [0.25, 0.3) is 0 Å². The molecule has 0 aromatic heterocycles. The summed E-state index contributed by atoms with van der Waals surface area (Å²) in [7, 11) is 0. The van der Waals surface area contributed by atoms with E-state index in [4.69, 9.17) is 5.11 Å². The second kappa shape index (κ2) is 4.16. The molecule has 0 bridgehead atoms. The first kappa shape index (κ1) is 10.6. The Morgan fingerprint density at radius 1 is 1.14 bits per heavy atom. The van der Waals surface area contributed by atoms with Crippen LogP contribution in [0.2, 0.25) is 0 Å². The Labute approximate surface area is 79.2 Å². The third kappa shape index (κ3) is 3.11. The number of benzene rings is 1. The van der Waals surface area contributed by atoms with Crippen molar-refractivity contribution in [3.8, 4) is 11.8 Å². The van der Waals surface area contributed by atoms with E-state index >= 15 is 0 Å². The van der Waals surface area contributed by atoms with Gasteiger partial charge in [-0.15, -0.1) is 0 Å². The van der Waals surface area contributed by atoms with Crippen LogP contribution in [0.3, 0.4) is 0 Å². The Morgan fingerprint density at radius 2 is 1.71 bits per heavy atom. The molecule has 1 nitrogen and oxygen atoms in total. The molecule has 74 valence electrons. The highest BCUT2D eigenvalue weighted by molar-refractivity contribution is 5.34. The number of hydrogen-bond acceptors (Lipinski definition) is 1. The van der Waals surface area contributed by atoms with Crippen LogP contribution in [0.4, 0.5) is 13.2 Å². The Hall–Kier alpha value is -1.47. The Balaban J connectivity index is 2.74. The van der Waals surface area contributed by atoms with Crippen molar-refractivity contribution in [2.45, 2.75) is 12.3 Å². The minimum absolute atomic E-state index is 0.441. The second-order valence-electron chi connectivity index (χ2n) is 2.58. The van der Waals surface area contributed by atoms with E-state index in [1.807, 2.05) is 0 Å². The summed E-state index contributed by atoms with van der Waals surface area (Å²) in [5.74, 6) is 3.95. The average Bonchev–Trinajstić information content (AvgIpc) is 2.14. The average molecular weight is 200 g/mol. The minimum Gasteiger partial charge on any atom is -0.372 e. The summed E-state index contributed by atoms with van der Waals surface area (Å²) in [5, 5.41) is 8.55. The molecule has 1 aromatic rings. The van der Waals surface area contributed by atoms with E-state index in [1.54, 1.807) is 36.3 Å². The molecule has 1 aromatic carbocycles. The molecular formula is C10H7F3O.